The molecule has 0 aromatic heterocycles. The molecule has 154 valence electrons. The summed E-state index contributed by atoms with van der Waals surface area (Å²) in [5, 5.41) is 5.59. The molecule has 0 radical (unpaired) electrons. The molecule has 0 heterocycles. The highest BCUT2D eigenvalue weighted by Gasteiger charge is 1.93. The number of rotatable bonds is 5. The molecule has 4 aromatic carbocycles. The molecular formula is C28H32P2. The summed E-state index contributed by atoms with van der Waals surface area (Å²) in [5.74, 6) is 0. The van der Waals surface area contributed by atoms with Crippen LogP contribution in [0.15, 0.2) is 121 Å². The molecule has 0 aliphatic rings. The van der Waals surface area contributed by atoms with Gasteiger partial charge in [0.05, 0.1) is 0 Å². The highest BCUT2D eigenvalue weighted by atomic mass is 31.1. The summed E-state index contributed by atoms with van der Waals surface area (Å²) < 4.78 is 0. The Hall–Kier alpha value is -2.26. The monoisotopic (exact) mass is 430 g/mol. The molecule has 0 amide bonds. The zero-order chi connectivity index (χ0) is 21.3. The molecule has 0 aliphatic heterocycles. The SMILES string of the molecule is CCCC.c1ccc(Pc2ccccc2)cc1.c1ccc(Pc2ccccc2)cc1. The predicted molar refractivity (Wildman–Crippen MR) is 142 cm³/mol. The van der Waals surface area contributed by atoms with Crippen LogP contribution >= 0.6 is 17.2 Å². The van der Waals surface area contributed by atoms with Gasteiger partial charge in [0.15, 0.2) is 0 Å². The van der Waals surface area contributed by atoms with Gasteiger partial charge in [0, 0.05) is 0 Å². The number of unbranched alkanes of at least 4 members (excludes halogenated alkanes) is 1. The Bertz CT molecular complexity index is 738. The van der Waals surface area contributed by atoms with Crippen molar-refractivity contribution in [3.8, 4) is 0 Å². The second-order valence-electron chi connectivity index (χ2n) is 6.71. The standard InChI is InChI=1S/2C12H11P.C4H10/c2*1-3-7-11(8-4-1)13-12-9-5-2-6-10-12;1-3-4-2/h2*1-10,13H;3-4H2,1-2H3. The maximum absolute atomic E-state index is 2.18. The van der Waals surface area contributed by atoms with Crippen molar-refractivity contribution in [3.63, 3.8) is 0 Å². The van der Waals surface area contributed by atoms with Crippen LogP contribution in [0.25, 0.3) is 0 Å². The highest BCUT2D eigenvalue weighted by molar-refractivity contribution is 7.55. The van der Waals surface area contributed by atoms with E-state index in [-0.39, 0.29) is 0 Å². The molecule has 0 atom stereocenters. The van der Waals surface area contributed by atoms with Crippen molar-refractivity contribution in [3.05, 3.63) is 121 Å². The Morgan fingerprint density at radius 3 is 0.733 bits per heavy atom. The highest BCUT2D eigenvalue weighted by Crippen LogP contribution is 2.09. The molecule has 4 rings (SSSR count). The summed E-state index contributed by atoms with van der Waals surface area (Å²) >= 11 is 0. The predicted octanol–water partition coefficient (Wildman–Crippen LogP) is 6.44. The van der Waals surface area contributed by atoms with E-state index in [0.29, 0.717) is 0 Å². The first kappa shape index (κ1) is 24.0. The Balaban J connectivity index is 0.000000182. The number of hydrogen-bond acceptors (Lipinski definition) is 0. The molecule has 0 nitrogen and oxygen atoms in total. The molecular weight excluding hydrogens is 398 g/mol. The minimum Gasteiger partial charge on any atom is -0.0654 e. The summed E-state index contributed by atoms with van der Waals surface area (Å²) in [6, 6.07) is 42.3. The van der Waals surface area contributed by atoms with Gasteiger partial charge in [-0.15, -0.1) is 0 Å². The summed E-state index contributed by atoms with van der Waals surface area (Å²) in [5.41, 5.74) is 0. The van der Waals surface area contributed by atoms with Crippen LogP contribution in [0.4, 0.5) is 0 Å². The lowest BCUT2D eigenvalue weighted by molar-refractivity contribution is 0.886. The van der Waals surface area contributed by atoms with Crippen molar-refractivity contribution in [2.24, 2.45) is 0 Å². The molecule has 30 heavy (non-hydrogen) atoms. The van der Waals surface area contributed by atoms with Crippen LogP contribution in [0.5, 0.6) is 0 Å². The fourth-order valence-corrected chi connectivity index (χ4v) is 4.52. The first-order valence-corrected chi connectivity index (χ1v) is 12.6. The van der Waals surface area contributed by atoms with Crippen molar-refractivity contribution in [1.82, 2.24) is 0 Å². The second kappa shape index (κ2) is 15.6. The first-order valence-electron chi connectivity index (χ1n) is 10.6. The lowest BCUT2D eigenvalue weighted by atomic mass is 10.4. The lowest BCUT2D eigenvalue weighted by Gasteiger charge is -2.00. The maximum atomic E-state index is 2.18. The topological polar surface area (TPSA) is 0 Å². The van der Waals surface area contributed by atoms with Crippen molar-refractivity contribution in [2.45, 2.75) is 26.7 Å². The third-order valence-electron chi connectivity index (χ3n) is 4.17. The van der Waals surface area contributed by atoms with Gasteiger partial charge in [0.1, 0.15) is 0 Å². The van der Waals surface area contributed by atoms with Gasteiger partial charge < -0.3 is 0 Å². The largest absolute Gasteiger partial charge is 0.0654 e. The third-order valence-corrected chi connectivity index (χ3v) is 6.66. The molecule has 0 N–H and O–H groups in total. The minimum atomic E-state index is 0.777. The van der Waals surface area contributed by atoms with E-state index in [2.05, 4.69) is 135 Å². The molecule has 0 unspecified atom stereocenters. The first-order chi connectivity index (χ1) is 14.8. The average Bonchev–Trinajstić information content (AvgIpc) is 2.82. The zero-order valence-corrected chi connectivity index (χ0v) is 20.0. The van der Waals surface area contributed by atoms with Crippen LogP contribution in [-0.2, 0) is 0 Å². The Morgan fingerprint density at radius 2 is 0.567 bits per heavy atom. The average molecular weight is 431 g/mol. The van der Waals surface area contributed by atoms with Gasteiger partial charge in [0.2, 0.25) is 0 Å². The van der Waals surface area contributed by atoms with Gasteiger partial charge in [0.25, 0.3) is 0 Å². The van der Waals surface area contributed by atoms with Crippen molar-refractivity contribution < 1.29 is 0 Å². The van der Waals surface area contributed by atoms with Gasteiger partial charge in [-0.25, -0.2) is 0 Å². The Labute approximate surface area is 186 Å². The van der Waals surface area contributed by atoms with Gasteiger partial charge in [-0.2, -0.15) is 0 Å². The lowest BCUT2D eigenvalue weighted by Crippen LogP contribution is -2.01. The van der Waals surface area contributed by atoms with E-state index in [9.17, 15) is 0 Å². The van der Waals surface area contributed by atoms with E-state index in [1.165, 1.54) is 34.1 Å². The van der Waals surface area contributed by atoms with Crippen LogP contribution in [0.3, 0.4) is 0 Å². The van der Waals surface area contributed by atoms with E-state index < -0.39 is 0 Å². The molecule has 0 spiro atoms. The quantitative estimate of drug-likeness (QED) is 0.320. The normalized spacial score (nSPS) is 9.53. The zero-order valence-electron chi connectivity index (χ0n) is 18.0. The fraction of sp³-hybridized carbons (Fsp3) is 0.143. The van der Waals surface area contributed by atoms with Crippen molar-refractivity contribution in [2.75, 3.05) is 0 Å². The van der Waals surface area contributed by atoms with Crippen LogP contribution in [-0.4, -0.2) is 0 Å². The van der Waals surface area contributed by atoms with Crippen LogP contribution < -0.4 is 21.2 Å². The molecule has 2 heteroatoms. The van der Waals surface area contributed by atoms with E-state index in [0.717, 1.165) is 17.2 Å². The van der Waals surface area contributed by atoms with Crippen molar-refractivity contribution >= 4 is 38.4 Å². The second-order valence-corrected chi connectivity index (χ2v) is 9.52. The number of hydrogen-bond donors (Lipinski definition) is 0. The molecule has 0 fully saturated rings. The Morgan fingerprint density at radius 1 is 0.367 bits per heavy atom. The van der Waals surface area contributed by atoms with E-state index in [1.54, 1.807) is 0 Å². The maximum Gasteiger partial charge on any atom is -0.0226 e. The number of benzene rings is 4. The van der Waals surface area contributed by atoms with Gasteiger partial charge in [-0.05, 0) is 21.2 Å². The van der Waals surface area contributed by atoms with E-state index >= 15 is 0 Å². The molecule has 4 aromatic rings. The van der Waals surface area contributed by atoms with Gasteiger partial charge in [-0.1, -0.05) is 165 Å². The van der Waals surface area contributed by atoms with Crippen molar-refractivity contribution in [1.29, 1.82) is 0 Å². The molecule has 0 saturated carbocycles. The minimum absolute atomic E-state index is 0.777. The summed E-state index contributed by atoms with van der Waals surface area (Å²) in [6.07, 6.45) is 2.64. The smallest absolute Gasteiger partial charge is 0.0226 e. The summed E-state index contributed by atoms with van der Waals surface area (Å²) in [4.78, 5) is 0. The van der Waals surface area contributed by atoms with Crippen LogP contribution in [0, 0.1) is 0 Å². The van der Waals surface area contributed by atoms with Crippen LogP contribution in [0.1, 0.15) is 26.7 Å². The molecule has 0 bridgehead atoms. The molecule has 0 aliphatic carbocycles. The third kappa shape index (κ3) is 10.5. The van der Waals surface area contributed by atoms with Gasteiger partial charge in [-0.3, -0.25) is 0 Å². The van der Waals surface area contributed by atoms with E-state index in [4.69, 9.17) is 0 Å². The summed E-state index contributed by atoms with van der Waals surface area (Å²) in [6.45, 7) is 4.36. The Kier molecular flexibility index (Phi) is 12.5. The van der Waals surface area contributed by atoms with E-state index in [1.807, 2.05) is 0 Å². The molecule has 0 saturated heterocycles. The summed E-state index contributed by atoms with van der Waals surface area (Å²) in [7, 11) is 1.55. The van der Waals surface area contributed by atoms with Crippen LogP contribution in [0.2, 0.25) is 0 Å². The van der Waals surface area contributed by atoms with Gasteiger partial charge >= 0.3 is 0 Å². The fourth-order valence-electron chi connectivity index (χ4n) is 2.42.